The van der Waals surface area contributed by atoms with Gasteiger partial charge in [0.15, 0.2) is 5.78 Å². The largest absolute Gasteiger partial charge is 0.509 e. The Balaban J connectivity index is 0.000000845. The predicted octanol–water partition coefficient (Wildman–Crippen LogP) is 1.38. The average Bonchev–Trinajstić information content (AvgIpc) is 2.46. The van der Waals surface area contributed by atoms with Gasteiger partial charge >= 0.3 is 0 Å². The Hall–Kier alpha value is -0.206. The van der Waals surface area contributed by atoms with Gasteiger partial charge in [0, 0.05) is 38.5 Å². The molecule has 0 amide bonds. The predicted molar refractivity (Wildman–Crippen MR) is 44.1 cm³/mol. The van der Waals surface area contributed by atoms with Crippen molar-refractivity contribution in [3.63, 3.8) is 0 Å². The average molecular weight is 250 g/mol. The Kier molecular flexibility index (Phi) is 3.63. The van der Waals surface area contributed by atoms with Crippen LogP contribution in [0.3, 0.4) is 0 Å². The van der Waals surface area contributed by atoms with Crippen molar-refractivity contribution in [1.82, 2.24) is 0 Å². The molecule has 1 radical (unpaired) electrons. The van der Waals surface area contributed by atoms with Gasteiger partial charge < -0.3 is 4.74 Å². The van der Waals surface area contributed by atoms with E-state index in [-0.39, 0.29) is 44.6 Å². The maximum absolute atomic E-state index is 11.0. The molecule has 0 bridgehead atoms. The summed E-state index contributed by atoms with van der Waals surface area (Å²) >= 11 is 0. The van der Waals surface area contributed by atoms with Crippen molar-refractivity contribution in [2.45, 2.75) is 19.4 Å². The topological polar surface area (TPSA) is 26.3 Å². The van der Waals surface area contributed by atoms with Gasteiger partial charge in [-0.15, -0.1) is 11.6 Å². The minimum Gasteiger partial charge on any atom is -0.509 e. The molecule has 1 aliphatic heterocycles. The van der Waals surface area contributed by atoms with Crippen LogP contribution in [0.1, 0.15) is 12.5 Å². The molecule has 0 saturated carbocycles. The van der Waals surface area contributed by atoms with E-state index in [4.69, 9.17) is 4.74 Å². The fraction of sp³-hybridized carbons (Fsp3) is 0.300. The second kappa shape index (κ2) is 4.34. The third-order valence-electron chi connectivity index (χ3n) is 2.03. The minimum absolute atomic E-state index is 0. The molecule has 1 atom stereocenters. The molecule has 1 aromatic rings. The van der Waals surface area contributed by atoms with Crippen LogP contribution in [-0.2, 0) is 43.9 Å². The Labute approximate surface area is 103 Å². The summed E-state index contributed by atoms with van der Waals surface area (Å²) in [4.78, 5) is 11.0. The van der Waals surface area contributed by atoms with Crippen LogP contribution < -0.4 is 4.74 Å². The molecule has 13 heavy (non-hydrogen) atoms. The minimum atomic E-state index is -0.268. The van der Waals surface area contributed by atoms with E-state index in [0.29, 0.717) is 6.42 Å². The fourth-order valence-electron chi connectivity index (χ4n) is 1.35. The monoisotopic (exact) mass is 250 g/mol. The van der Waals surface area contributed by atoms with Gasteiger partial charge in [-0.2, -0.15) is 18.2 Å². The first kappa shape index (κ1) is 10.9. The molecule has 0 saturated heterocycles. The van der Waals surface area contributed by atoms with E-state index in [1.165, 1.54) is 0 Å². The molecule has 1 unspecified atom stereocenters. The zero-order valence-corrected chi connectivity index (χ0v) is 10.2. The van der Waals surface area contributed by atoms with Crippen molar-refractivity contribution >= 4 is 5.78 Å². The van der Waals surface area contributed by atoms with Crippen LogP contribution in [0.2, 0.25) is 0 Å². The van der Waals surface area contributed by atoms with Crippen LogP contribution in [-0.4, -0.2) is 11.9 Å². The summed E-state index contributed by atoms with van der Waals surface area (Å²) in [6.45, 7) is 1.56. The van der Waals surface area contributed by atoms with Gasteiger partial charge in [0.2, 0.25) is 0 Å². The van der Waals surface area contributed by atoms with Gasteiger partial charge in [-0.25, -0.2) is 0 Å². The zero-order valence-electron chi connectivity index (χ0n) is 7.41. The number of ether oxygens (including phenoxy) is 1. The first-order chi connectivity index (χ1) is 5.77. The first-order valence-corrected chi connectivity index (χ1v) is 3.93. The van der Waals surface area contributed by atoms with E-state index in [1.807, 2.05) is 12.1 Å². The Morgan fingerprint density at radius 1 is 1.69 bits per heavy atom. The van der Waals surface area contributed by atoms with Gasteiger partial charge in [-0.1, -0.05) is 0 Å². The quantitative estimate of drug-likeness (QED) is 0.704. The van der Waals surface area contributed by atoms with Gasteiger partial charge in [0.25, 0.3) is 0 Å². The number of benzene rings is 1. The van der Waals surface area contributed by atoms with E-state index in [0.717, 1.165) is 11.3 Å². The molecule has 65 valence electrons. The number of rotatable bonds is 1. The van der Waals surface area contributed by atoms with Gasteiger partial charge in [-0.3, -0.25) is 4.79 Å². The molecular formula is C10H9O2Y-. The van der Waals surface area contributed by atoms with Crippen molar-refractivity contribution in [3.05, 3.63) is 29.8 Å². The van der Waals surface area contributed by atoms with E-state index in [9.17, 15) is 4.79 Å². The standard InChI is InChI=1S/C10H9O2.Y/c1-7(11)10-6-8-4-2-3-5-9(8)12-10;/h3-5,10H,6H2,1H3;/q-1;. The second-order valence-corrected chi connectivity index (χ2v) is 2.96. The molecule has 2 rings (SSSR count). The van der Waals surface area contributed by atoms with E-state index in [2.05, 4.69) is 6.07 Å². The Bertz CT molecular complexity index is 297. The van der Waals surface area contributed by atoms with Crippen LogP contribution in [0.4, 0.5) is 0 Å². The molecule has 1 heterocycles. The summed E-state index contributed by atoms with van der Waals surface area (Å²) in [5.74, 6) is 0.917. The SMILES string of the molecule is CC(=O)C1Cc2c[c-]ccc2O1.[Y]. The Morgan fingerprint density at radius 3 is 3.08 bits per heavy atom. The van der Waals surface area contributed by atoms with Gasteiger partial charge in [-0.05, 0) is 13.3 Å². The first-order valence-electron chi connectivity index (χ1n) is 3.93. The zero-order chi connectivity index (χ0) is 8.55. The molecule has 0 fully saturated rings. The number of hydrogen-bond donors (Lipinski definition) is 0. The maximum Gasteiger partial charge on any atom is 0.169 e. The number of ketones is 1. The second-order valence-electron chi connectivity index (χ2n) is 2.96. The molecule has 0 spiro atoms. The number of fused-ring (bicyclic) bond motifs is 1. The number of carbonyl (C=O) groups is 1. The molecule has 0 aliphatic carbocycles. The summed E-state index contributed by atoms with van der Waals surface area (Å²) < 4.78 is 5.40. The van der Waals surface area contributed by atoms with Gasteiger partial charge in [0.05, 0.1) is 0 Å². The summed E-state index contributed by atoms with van der Waals surface area (Å²) in [6.07, 6.45) is 0.429. The van der Waals surface area contributed by atoms with Crippen molar-refractivity contribution < 1.29 is 42.2 Å². The van der Waals surface area contributed by atoms with Gasteiger partial charge in [0.1, 0.15) is 6.10 Å². The van der Waals surface area contributed by atoms with Crippen LogP contribution in [0.25, 0.3) is 0 Å². The van der Waals surface area contributed by atoms with Crippen LogP contribution in [0.5, 0.6) is 5.75 Å². The smallest absolute Gasteiger partial charge is 0.169 e. The normalized spacial score (nSPS) is 18.4. The summed E-state index contributed by atoms with van der Waals surface area (Å²) in [7, 11) is 0. The summed E-state index contributed by atoms with van der Waals surface area (Å²) in [5.41, 5.74) is 1.08. The van der Waals surface area contributed by atoms with Crippen LogP contribution >= 0.6 is 0 Å². The third kappa shape index (κ3) is 2.18. The fourth-order valence-corrected chi connectivity index (χ4v) is 1.35. The molecule has 0 N–H and O–H groups in total. The molecule has 3 heteroatoms. The van der Waals surface area contributed by atoms with E-state index in [1.54, 1.807) is 13.0 Å². The van der Waals surface area contributed by atoms with E-state index >= 15 is 0 Å². The van der Waals surface area contributed by atoms with Crippen LogP contribution in [0, 0.1) is 6.07 Å². The molecular weight excluding hydrogens is 241 g/mol. The molecule has 1 aliphatic rings. The van der Waals surface area contributed by atoms with E-state index < -0.39 is 0 Å². The number of Topliss-reactive ketones (excluding diaryl/α,β-unsaturated/α-hetero) is 1. The molecule has 1 aromatic carbocycles. The molecule has 0 aromatic heterocycles. The summed E-state index contributed by atoms with van der Waals surface area (Å²) in [5, 5.41) is 0. The number of hydrogen-bond acceptors (Lipinski definition) is 2. The number of carbonyl (C=O) groups excluding carboxylic acids is 1. The van der Waals surface area contributed by atoms with Crippen molar-refractivity contribution in [2.24, 2.45) is 0 Å². The van der Waals surface area contributed by atoms with Crippen LogP contribution in [0.15, 0.2) is 18.2 Å². The van der Waals surface area contributed by atoms with Crippen molar-refractivity contribution in [3.8, 4) is 5.75 Å². The molecule has 2 nitrogen and oxygen atoms in total. The van der Waals surface area contributed by atoms with Crippen molar-refractivity contribution in [1.29, 1.82) is 0 Å². The Morgan fingerprint density at radius 2 is 2.46 bits per heavy atom. The summed E-state index contributed by atoms with van der Waals surface area (Å²) in [6, 6.07) is 8.47. The maximum atomic E-state index is 11.0. The third-order valence-corrected chi connectivity index (χ3v) is 2.03. The van der Waals surface area contributed by atoms with Crippen molar-refractivity contribution in [2.75, 3.05) is 0 Å².